The molecule has 0 aliphatic carbocycles. The average Bonchev–Trinajstić information content (AvgIpc) is 2.64. The van der Waals surface area contributed by atoms with E-state index in [2.05, 4.69) is 10.6 Å². The van der Waals surface area contributed by atoms with E-state index in [0.717, 1.165) is 0 Å². The summed E-state index contributed by atoms with van der Waals surface area (Å²) >= 11 is 0. The van der Waals surface area contributed by atoms with Crippen molar-refractivity contribution < 1.29 is 33.4 Å². The number of nitrogens with one attached hydrogen (secondary N) is 2. The Morgan fingerprint density at radius 2 is 1.72 bits per heavy atom. The van der Waals surface area contributed by atoms with Crippen LogP contribution < -0.4 is 16.4 Å². The number of hydrogen-bond donors (Lipinski definition) is 3. The molecular weight excluding hydrogens is 382 g/mol. The van der Waals surface area contributed by atoms with Crippen LogP contribution in [0, 0.1) is 5.92 Å². The van der Waals surface area contributed by atoms with Gasteiger partial charge in [-0.3, -0.25) is 24.0 Å². The van der Waals surface area contributed by atoms with Crippen LogP contribution in [0.2, 0.25) is 0 Å². The van der Waals surface area contributed by atoms with Crippen molar-refractivity contribution in [2.45, 2.75) is 33.2 Å². The lowest BCUT2D eigenvalue weighted by Gasteiger charge is -2.23. The van der Waals surface area contributed by atoms with Crippen LogP contribution in [-0.4, -0.2) is 48.9 Å². The van der Waals surface area contributed by atoms with E-state index >= 15 is 0 Å². The predicted octanol–water partition coefficient (Wildman–Crippen LogP) is 0.361. The molecule has 0 radical (unpaired) electrons. The second kappa shape index (κ2) is 11.4. The first-order valence-corrected chi connectivity index (χ1v) is 8.99. The fraction of sp³-hybridized carbons (Fsp3) is 0.421. The molecule has 0 aliphatic rings. The molecule has 10 heteroatoms. The van der Waals surface area contributed by atoms with Crippen molar-refractivity contribution in [1.29, 1.82) is 0 Å². The largest absolute Gasteiger partial charge is 0.466 e. The third-order valence-corrected chi connectivity index (χ3v) is 3.72. The molecule has 158 valence electrons. The second-order valence-electron chi connectivity index (χ2n) is 5.98. The molecule has 4 N–H and O–H groups in total. The molecular formula is C19H25N3O7. The average molecular weight is 407 g/mol. The summed E-state index contributed by atoms with van der Waals surface area (Å²) < 4.78 is 9.73. The maximum absolute atomic E-state index is 12.6. The van der Waals surface area contributed by atoms with E-state index in [4.69, 9.17) is 15.2 Å². The maximum atomic E-state index is 12.6. The van der Waals surface area contributed by atoms with E-state index in [0.29, 0.717) is 5.69 Å². The molecule has 0 bridgehead atoms. The van der Waals surface area contributed by atoms with Gasteiger partial charge in [0, 0.05) is 18.2 Å². The van der Waals surface area contributed by atoms with Crippen LogP contribution in [0.4, 0.5) is 5.69 Å². The number of primary amides is 1. The van der Waals surface area contributed by atoms with Gasteiger partial charge in [0.05, 0.1) is 25.6 Å². The second-order valence-corrected chi connectivity index (χ2v) is 5.98. The maximum Gasteiger partial charge on any atom is 0.312 e. The highest BCUT2D eigenvalue weighted by molar-refractivity contribution is 6.00. The van der Waals surface area contributed by atoms with Crippen molar-refractivity contribution in [3.63, 3.8) is 0 Å². The summed E-state index contributed by atoms with van der Waals surface area (Å²) in [5, 5.41) is 4.89. The predicted molar refractivity (Wildman–Crippen MR) is 103 cm³/mol. The van der Waals surface area contributed by atoms with E-state index in [-0.39, 0.29) is 24.7 Å². The van der Waals surface area contributed by atoms with Gasteiger partial charge < -0.3 is 25.8 Å². The lowest BCUT2D eigenvalue weighted by Crippen LogP contribution is -2.52. The van der Waals surface area contributed by atoms with Crippen molar-refractivity contribution in [1.82, 2.24) is 5.32 Å². The number of rotatable bonds is 10. The minimum Gasteiger partial charge on any atom is -0.466 e. The Morgan fingerprint density at radius 1 is 1.07 bits per heavy atom. The fourth-order valence-electron chi connectivity index (χ4n) is 2.52. The van der Waals surface area contributed by atoms with E-state index in [9.17, 15) is 24.0 Å². The van der Waals surface area contributed by atoms with Crippen molar-refractivity contribution in [3.05, 3.63) is 29.8 Å². The summed E-state index contributed by atoms with van der Waals surface area (Å²) in [5.74, 6) is -5.02. The molecule has 1 aromatic carbocycles. The van der Waals surface area contributed by atoms with Crippen molar-refractivity contribution >= 4 is 35.3 Å². The van der Waals surface area contributed by atoms with Gasteiger partial charge in [0.25, 0.3) is 5.91 Å². The molecule has 29 heavy (non-hydrogen) atoms. The molecule has 0 unspecified atom stereocenters. The summed E-state index contributed by atoms with van der Waals surface area (Å²) in [6, 6.07) is 4.44. The van der Waals surface area contributed by atoms with Gasteiger partial charge in [-0.05, 0) is 32.0 Å². The summed E-state index contributed by atoms with van der Waals surface area (Å²) in [6.45, 7) is 4.56. The third-order valence-electron chi connectivity index (χ3n) is 3.72. The first kappa shape index (κ1) is 23.6. The molecule has 0 fully saturated rings. The lowest BCUT2D eigenvalue weighted by atomic mass is 9.95. The van der Waals surface area contributed by atoms with Crippen LogP contribution in [0.1, 0.15) is 37.6 Å². The zero-order valence-electron chi connectivity index (χ0n) is 16.5. The van der Waals surface area contributed by atoms with E-state index in [1.165, 1.54) is 25.1 Å². The van der Waals surface area contributed by atoms with Crippen LogP contribution in [0.15, 0.2) is 24.3 Å². The smallest absolute Gasteiger partial charge is 0.312 e. The Balaban J connectivity index is 3.09. The number of benzene rings is 1. The van der Waals surface area contributed by atoms with Gasteiger partial charge in [-0.15, -0.1) is 0 Å². The van der Waals surface area contributed by atoms with Crippen LogP contribution in [-0.2, 0) is 28.7 Å². The first-order chi connectivity index (χ1) is 13.7. The Kier molecular flexibility index (Phi) is 9.30. The Morgan fingerprint density at radius 3 is 2.28 bits per heavy atom. The lowest BCUT2D eigenvalue weighted by molar-refractivity contribution is -0.156. The van der Waals surface area contributed by atoms with Crippen molar-refractivity contribution in [2.75, 3.05) is 18.5 Å². The number of carbonyl (C=O) groups is 5. The van der Waals surface area contributed by atoms with Crippen LogP contribution >= 0.6 is 0 Å². The molecule has 0 saturated carbocycles. The topological polar surface area (TPSA) is 154 Å². The molecule has 1 aromatic rings. The Hall–Kier alpha value is -3.43. The molecule has 0 aromatic heterocycles. The van der Waals surface area contributed by atoms with Crippen molar-refractivity contribution in [3.8, 4) is 0 Å². The summed E-state index contributed by atoms with van der Waals surface area (Å²) in [7, 11) is 0. The van der Waals surface area contributed by atoms with E-state index in [1.807, 2.05) is 0 Å². The summed E-state index contributed by atoms with van der Waals surface area (Å²) in [4.78, 5) is 59.9. The van der Waals surface area contributed by atoms with E-state index in [1.54, 1.807) is 19.9 Å². The third kappa shape index (κ3) is 7.60. The van der Waals surface area contributed by atoms with Gasteiger partial charge in [-0.2, -0.15) is 0 Å². The van der Waals surface area contributed by atoms with Crippen molar-refractivity contribution in [2.24, 2.45) is 11.7 Å². The quantitative estimate of drug-likeness (QED) is 0.473. The van der Waals surface area contributed by atoms with Gasteiger partial charge in [0.15, 0.2) is 0 Å². The van der Waals surface area contributed by atoms with Gasteiger partial charge in [0.1, 0.15) is 6.04 Å². The number of nitrogens with two attached hydrogens (primary N) is 1. The van der Waals surface area contributed by atoms with Crippen LogP contribution in [0.25, 0.3) is 0 Å². The first-order valence-electron chi connectivity index (χ1n) is 8.99. The molecule has 0 saturated heterocycles. The molecule has 2 atom stereocenters. The number of esters is 2. The SMILES string of the molecule is CCOC(=O)C[C@H](C(=O)OCC)[C@H](NC(=O)c1cccc(NC(C)=O)c1)C(N)=O. The molecule has 10 nitrogen and oxygen atoms in total. The number of hydrogen-bond acceptors (Lipinski definition) is 7. The number of carbonyl (C=O) groups excluding carboxylic acids is 5. The fourth-order valence-corrected chi connectivity index (χ4v) is 2.52. The highest BCUT2D eigenvalue weighted by atomic mass is 16.5. The summed E-state index contributed by atoms with van der Waals surface area (Å²) in [6.07, 6.45) is -0.494. The van der Waals surface area contributed by atoms with Gasteiger partial charge in [-0.1, -0.05) is 6.07 Å². The zero-order valence-corrected chi connectivity index (χ0v) is 16.5. The number of amides is 3. The van der Waals surface area contributed by atoms with Gasteiger partial charge >= 0.3 is 11.9 Å². The number of anilines is 1. The normalized spacial score (nSPS) is 12.2. The molecule has 0 spiro atoms. The zero-order chi connectivity index (χ0) is 22.0. The molecule has 3 amide bonds. The van der Waals surface area contributed by atoms with Gasteiger partial charge in [0.2, 0.25) is 11.8 Å². The van der Waals surface area contributed by atoms with Crippen LogP contribution in [0.3, 0.4) is 0 Å². The monoisotopic (exact) mass is 407 g/mol. The Labute approximate surface area is 168 Å². The molecule has 0 heterocycles. The van der Waals surface area contributed by atoms with E-state index < -0.39 is 42.1 Å². The minimum absolute atomic E-state index is 0.0103. The highest BCUT2D eigenvalue weighted by Gasteiger charge is 2.37. The number of ether oxygens (including phenoxy) is 2. The Bertz CT molecular complexity index is 779. The van der Waals surface area contributed by atoms with Gasteiger partial charge in [-0.25, -0.2) is 0 Å². The standard InChI is InChI=1S/C19H25N3O7/c1-4-28-15(24)10-14(19(27)29-5-2)16(17(20)25)22-18(26)12-7-6-8-13(9-12)21-11(3)23/h6-9,14,16H,4-5,10H2,1-3H3,(H2,20,25)(H,21,23)(H,22,26)/t14-,16-/m0/s1. The van der Waals surface area contributed by atoms with Crippen LogP contribution in [0.5, 0.6) is 0 Å². The minimum atomic E-state index is -1.50. The summed E-state index contributed by atoms with van der Waals surface area (Å²) in [5.41, 5.74) is 5.85. The highest BCUT2D eigenvalue weighted by Crippen LogP contribution is 2.16. The molecule has 0 aliphatic heterocycles. The molecule has 1 rings (SSSR count).